The van der Waals surface area contributed by atoms with Crippen molar-refractivity contribution < 1.29 is 19.9 Å². The van der Waals surface area contributed by atoms with Gasteiger partial charge in [-0.2, -0.15) is 0 Å². The molecule has 0 saturated carbocycles. The van der Waals surface area contributed by atoms with Crippen molar-refractivity contribution in [2.75, 3.05) is 0 Å². The van der Waals surface area contributed by atoms with Crippen LogP contribution in [-0.4, -0.2) is 21.4 Å². The quantitative estimate of drug-likeness (QED) is 0.338. The number of carbonyl (C=O) groups is 1. The third-order valence-electron chi connectivity index (χ3n) is 1.45. The maximum atomic E-state index is 10.3. The number of phenolic OH excluding ortho intramolecular Hbond substituents is 2. The molecule has 0 fully saturated rings. The van der Waals surface area contributed by atoms with E-state index in [1.54, 1.807) is 0 Å². The zero-order chi connectivity index (χ0) is 12.0. The van der Waals surface area contributed by atoms with Crippen LogP contribution in [0.4, 0.5) is 5.69 Å². The standard InChI is InChI=1S/C7H5NO5.C2H6/c9-3-4-1-6(10)7(11)2-5(4)8(12)13;1-2/h1-3,10-11H;1-2H3. The molecule has 0 heterocycles. The molecular formula is C9H11NO5. The SMILES string of the molecule is CC.O=Cc1cc(O)c(O)cc1[N+](=O)[O-]. The van der Waals surface area contributed by atoms with Crippen LogP contribution >= 0.6 is 0 Å². The van der Waals surface area contributed by atoms with E-state index in [1.165, 1.54) is 0 Å². The van der Waals surface area contributed by atoms with Crippen molar-refractivity contribution in [3.8, 4) is 11.5 Å². The summed E-state index contributed by atoms with van der Waals surface area (Å²) in [5.74, 6) is -1.19. The predicted octanol–water partition coefficient (Wildman–Crippen LogP) is 1.84. The Kier molecular flexibility index (Phi) is 4.80. The first kappa shape index (κ1) is 12.9. The first-order valence-corrected chi connectivity index (χ1v) is 4.22. The number of nitro benzene ring substituents is 1. The van der Waals surface area contributed by atoms with Gasteiger partial charge in [0.15, 0.2) is 17.8 Å². The normalized spacial score (nSPS) is 8.67. The summed E-state index contributed by atoms with van der Waals surface area (Å²) in [5.41, 5.74) is -0.814. The van der Waals surface area contributed by atoms with Crippen molar-refractivity contribution >= 4 is 12.0 Å². The summed E-state index contributed by atoms with van der Waals surface area (Å²) in [7, 11) is 0. The molecule has 0 aliphatic heterocycles. The van der Waals surface area contributed by atoms with Gasteiger partial charge in [0.2, 0.25) is 0 Å². The van der Waals surface area contributed by atoms with E-state index >= 15 is 0 Å². The lowest BCUT2D eigenvalue weighted by atomic mass is 10.2. The molecule has 1 aromatic rings. The molecule has 2 N–H and O–H groups in total. The first-order valence-electron chi connectivity index (χ1n) is 4.22. The minimum Gasteiger partial charge on any atom is -0.504 e. The smallest absolute Gasteiger partial charge is 0.283 e. The number of hydrogen-bond donors (Lipinski definition) is 2. The lowest BCUT2D eigenvalue weighted by Crippen LogP contribution is -1.93. The topological polar surface area (TPSA) is 101 Å². The molecule has 15 heavy (non-hydrogen) atoms. The maximum absolute atomic E-state index is 10.3. The number of rotatable bonds is 2. The van der Waals surface area contributed by atoms with Crippen molar-refractivity contribution in [2.24, 2.45) is 0 Å². The van der Waals surface area contributed by atoms with Crippen LogP contribution in [0.3, 0.4) is 0 Å². The largest absolute Gasteiger partial charge is 0.504 e. The Morgan fingerprint density at radius 3 is 2.13 bits per heavy atom. The van der Waals surface area contributed by atoms with Gasteiger partial charge < -0.3 is 10.2 Å². The van der Waals surface area contributed by atoms with Crippen molar-refractivity contribution in [1.82, 2.24) is 0 Å². The van der Waals surface area contributed by atoms with Gasteiger partial charge in [-0.25, -0.2) is 0 Å². The van der Waals surface area contributed by atoms with Gasteiger partial charge in [-0.1, -0.05) is 13.8 Å². The summed E-state index contributed by atoms with van der Waals surface area (Å²) in [4.78, 5) is 19.8. The summed E-state index contributed by atoms with van der Waals surface area (Å²) in [6, 6.07) is 1.56. The summed E-state index contributed by atoms with van der Waals surface area (Å²) in [5, 5.41) is 28.1. The molecule has 0 aliphatic carbocycles. The second-order valence-electron chi connectivity index (χ2n) is 2.27. The highest BCUT2D eigenvalue weighted by Crippen LogP contribution is 2.31. The molecule has 6 nitrogen and oxygen atoms in total. The zero-order valence-corrected chi connectivity index (χ0v) is 8.30. The second kappa shape index (κ2) is 5.58. The van der Waals surface area contributed by atoms with E-state index in [0.717, 1.165) is 12.1 Å². The third-order valence-corrected chi connectivity index (χ3v) is 1.45. The third kappa shape index (κ3) is 2.94. The van der Waals surface area contributed by atoms with Gasteiger partial charge in [-0.15, -0.1) is 0 Å². The Hall–Kier alpha value is -2.11. The molecule has 0 saturated heterocycles. The second-order valence-corrected chi connectivity index (χ2v) is 2.27. The van der Waals surface area contributed by atoms with Crippen LogP contribution in [0.5, 0.6) is 11.5 Å². The summed E-state index contributed by atoms with van der Waals surface area (Å²) in [6.45, 7) is 4.00. The lowest BCUT2D eigenvalue weighted by molar-refractivity contribution is -0.385. The van der Waals surface area contributed by atoms with Crippen LogP contribution in [0.15, 0.2) is 12.1 Å². The molecule has 0 unspecified atom stereocenters. The number of carbonyl (C=O) groups excluding carboxylic acids is 1. The van der Waals surface area contributed by atoms with Gasteiger partial charge in [-0.05, 0) is 0 Å². The summed E-state index contributed by atoms with van der Waals surface area (Å²) < 4.78 is 0. The van der Waals surface area contributed by atoms with Gasteiger partial charge in [0, 0.05) is 6.07 Å². The molecule has 0 spiro atoms. The molecule has 0 amide bonds. The number of phenols is 2. The molecule has 1 rings (SSSR count). The Morgan fingerprint density at radius 2 is 1.73 bits per heavy atom. The average molecular weight is 213 g/mol. The van der Waals surface area contributed by atoms with Gasteiger partial charge in [0.05, 0.1) is 16.6 Å². The number of hydrogen-bond acceptors (Lipinski definition) is 5. The van der Waals surface area contributed by atoms with Crippen molar-refractivity contribution in [3.05, 3.63) is 27.8 Å². The molecule has 82 valence electrons. The number of aromatic hydroxyl groups is 2. The van der Waals surface area contributed by atoms with Crippen LogP contribution in [0.25, 0.3) is 0 Å². The molecule has 0 atom stereocenters. The van der Waals surface area contributed by atoms with Crippen LogP contribution < -0.4 is 0 Å². The number of nitro groups is 1. The Balaban J connectivity index is 0.000000921. The molecule has 0 aromatic heterocycles. The van der Waals surface area contributed by atoms with Crippen LogP contribution in [0.1, 0.15) is 24.2 Å². The molecule has 0 bridgehead atoms. The zero-order valence-electron chi connectivity index (χ0n) is 8.30. The fraction of sp³-hybridized carbons (Fsp3) is 0.222. The van der Waals surface area contributed by atoms with E-state index in [2.05, 4.69) is 0 Å². The molecule has 0 aliphatic rings. The highest BCUT2D eigenvalue weighted by Gasteiger charge is 2.16. The van der Waals surface area contributed by atoms with Crippen LogP contribution in [0.2, 0.25) is 0 Å². The van der Waals surface area contributed by atoms with Gasteiger partial charge in [-0.3, -0.25) is 14.9 Å². The minimum atomic E-state index is -0.817. The Bertz CT molecular complexity index is 375. The van der Waals surface area contributed by atoms with E-state index < -0.39 is 22.1 Å². The monoisotopic (exact) mass is 213 g/mol. The minimum absolute atomic E-state index is 0.233. The van der Waals surface area contributed by atoms with Gasteiger partial charge in [0.25, 0.3) is 5.69 Å². The average Bonchev–Trinajstić information content (AvgIpc) is 2.24. The summed E-state index contributed by atoms with van der Waals surface area (Å²) >= 11 is 0. The fourth-order valence-corrected chi connectivity index (χ4v) is 0.834. The number of benzene rings is 1. The van der Waals surface area contributed by atoms with E-state index in [-0.39, 0.29) is 11.8 Å². The maximum Gasteiger partial charge on any atom is 0.283 e. The molecular weight excluding hydrogens is 202 g/mol. The van der Waals surface area contributed by atoms with Crippen molar-refractivity contribution in [3.63, 3.8) is 0 Å². The molecule has 0 radical (unpaired) electrons. The highest BCUT2D eigenvalue weighted by atomic mass is 16.6. The predicted molar refractivity (Wildman–Crippen MR) is 53.2 cm³/mol. The summed E-state index contributed by atoms with van der Waals surface area (Å²) in [6.07, 6.45) is 0.233. The Morgan fingerprint density at radius 1 is 1.27 bits per heavy atom. The van der Waals surface area contributed by atoms with E-state index in [9.17, 15) is 14.9 Å². The van der Waals surface area contributed by atoms with Crippen molar-refractivity contribution in [2.45, 2.75) is 13.8 Å². The first-order chi connectivity index (χ1) is 7.06. The van der Waals surface area contributed by atoms with Gasteiger partial charge >= 0.3 is 0 Å². The van der Waals surface area contributed by atoms with E-state index in [4.69, 9.17) is 10.2 Å². The van der Waals surface area contributed by atoms with E-state index in [0.29, 0.717) is 0 Å². The molecule has 6 heteroatoms. The number of aldehydes is 1. The van der Waals surface area contributed by atoms with Crippen LogP contribution in [-0.2, 0) is 0 Å². The Labute approximate surface area is 85.9 Å². The van der Waals surface area contributed by atoms with Crippen LogP contribution in [0, 0.1) is 10.1 Å². The number of nitrogens with zero attached hydrogens (tertiary/aromatic N) is 1. The van der Waals surface area contributed by atoms with E-state index in [1.807, 2.05) is 13.8 Å². The molecule has 1 aromatic carbocycles. The fourth-order valence-electron chi connectivity index (χ4n) is 0.834. The lowest BCUT2D eigenvalue weighted by Gasteiger charge is -1.99. The highest BCUT2D eigenvalue weighted by molar-refractivity contribution is 5.83. The van der Waals surface area contributed by atoms with Crippen molar-refractivity contribution in [1.29, 1.82) is 0 Å². The van der Waals surface area contributed by atoms with Gasteiger partial charge in [0.1, 0.15) is 0 Å².